The van der Waals surface area contributed by atoms with E-state index in [9.17, 15) is 9.59 Å². The average molecular weight is 511 g/mol. The number of ether oxygens (including phenoxy) is 1. The van der Waals surface area contributed by atoms with Crippen molar-refractivity contribution < 1.29 is 14.3 Å². The van der Waals surface area contributed by atoms with E-state index < -0.39 is 5.97 Å². The fourth-order valence-electron chi connectivity index (χ4n) is 3.26. The molecular formula is C24H22N4O3S3. The average Bonchev–Trinajstić information content (AvgIpc) is 3.59. The Balaban J connectivity index is 1.51. The number of carbonyl (C=O) groups is 2. The lowest BCUT2D eigenvalue weighted by molar-refractivity contribution is -0.113. The summed E-state index contributed by atoms with van der Waals surface area (Å²) in [6.07, 6.45) is 1.77. The summed E-state index contributed by atoms with van der Waals surface area (Å²) in [6, 6.07) is 13.5. The number of benzene rings is 1. The molecule has 0 saturated carbocycles. The number of hydrogen-bond donors (Lipinski definition) is 1. The Morgan fingerprint density at radius 3 is 2.71 bits per heavy atom. The zero-order chi connectivity index (χ0) is 23.9. The van der Waals surface area contributed by atoms with E-state index in [1.54, 1.807) is 24.3 Å². The maximum atomic E-state index is 12.8. The van der Waals surface area contributed by atoms with Crippen molar-refractivity contribution in [2.75, 3.05) is 17.7 Å². The third kappa shape index (κ3) is 5.30. The lowest BCUT2D eigenvalue weighted by Crippen LogP contribution is -2.17. The van der Waals surface area contributed by atoms with Crippen molar-refractivity contribution in [1.82, 2.24) is 14.8 Å². The fourth-order valence-corrected chi connectivity index (χ4v) is 5.69. The van der Waals surface area contributed by atoms with Crippen LogP contribution in [0.4, 0.5) is 5.00 Å². The molecule has 4 rings (SSSR count). The summed E-state index contributed by atoms with van der Waals surface area (Å²) >= 11 is 4.16. The normalized spacial score (nSPS) is 10.7. The van der Waals surface area contributed by atoms with Crippen LogP contribution >= 0.6 is 34.4 Å². The molecule has 0 aliphatic heterocycles. The van der Waals surface area contributed by atoms with E-state index in [0.717, 1.165) is 21.8 Å². The molecule has 0 radical (unpaired) electrons. The number of anilines is 1. The molecule has 4 aromatic rings. The van der Waals surface area contributed by atoms with E-state index in [2.05, 4.69) is 22.1 Å². The van der Waals surface area contributed by atoms with Gasteiger partial charge in [-0.25, -0.2) is 4.79 Å². The molecule has 0 fully saturated rings. The Morgan fingerprint density at radius 1 is 1.18 bits per heavy atom. The monoisotopic (exact) mass is 510 g/mol. The Kier molecular flexibility index (Phi) is 7.94. The Hall–Kier alpha value is -3.21. The minimum Gasteiger partial charge on any atom is -0.462 e. The molecule has 0 spiro atoms. The minimum absolute atomic E-state index is 0.112. The number of esters is 1. The van der Waals surface area contributed by atoms with Gasteiger partial charge in [-0.1, -0.05) is 54.2 Å². The number of rotatable bonds is 10. The molecule has 0 saturated heterocycles. The van der Waals surface area contributed by atoms with Gasteiger partial charge in [0.05, 0.1) is 17.2 Å². The topological polar surface area (TPSA) is 86.1 Å². The highest BCUT2D eigenvalue weighted by Gasteiger charge is 2.23. The van der Waals surface area contributed by atoms with Crippen molar-refractivity contribution in [3.63, 3.8) is 0 Å². The van der Waals surface area contributed by atoms with Gasteiger partial charge in [-0.3, -0.25) is 9.36 Å². The van der Waals surface area contributed by atoms with E-state index in [1.165, 1.54) is 23.1 Å². The molecule has 0 aliphatic carbocycles. The van der Waals surface area contributed by atoms with Crippen LogP contribution in [0.25, 0.3) is 21.8 Å². The van der Waals surface area contributed by atoms with Gasteiger partial charge in [-0.15, -0.1) is 39.4 Å². The van der Waals surface area contributed by atoms with Gasteiger partial charge < -0.3 is 10.1 Å². The highest BCUT2D eigenvalue weighted by Crippen LogP contribution is 2.36. The van der Waals surface area contributed by atoms with Crippen LogP contribution in [0.15, 0.2) is 71.0 Å². The maximum Gasteiger partial charge on any atom is 0.341 e. The number of aromatic nitrogens is 3. The SMILES string of the molecule is C=CCn1c(SCC(=O)Nc2scc(-c3ccccc3)c2C(=O)OCC)nnc1-c1cccs1. The van der Waals surface area contributed by atoms with Gasteiger partial charge in [0.2, 0.25) is 5.91 Å². The van der Waals surface area contributed by atoms with E-state index in [4.69, 9.17) is 4.74 Å². The van der Waals surface area contributed by atoms with Gasteiger partial charge in [0, 0.05) is 17.5 Å². The van der Waals surface area contributed by atoms with E-state index in [0.29, 0.717) is 22.3 Å². The lowest BCUT2D eigenvalue weighted by Gasteiger charge is -2.09. The number of carbonyl (C=O) groups excluding carboxylic acids is 2. The summed E-state index contributed by atoms with van der Waals surface area (Å²) in [5, 5.41) is 16.4. The zero-order valence-electron chi connectivity index (χ0n) is 18.4. The molecule has 7 nitrogen and oxygen atoms in total. The van der Waals surface area contributed by atoms with Gasteiger partial charge in [0.25, 0.3) is 0 Å². The van der Waals surface area contributed by atoms with E-state index in [1.807, 2.05) is 57.8 Å². The van der Waals surface area contributed by atoms with Gasteiger partial charge in [-0.2, -0.15) is 0 Å². The molecule has 174 valence electrons. The van der Waals surface area contributed by atoms with Crippen LogP contribution in [-0.2, 0) is 16.1 Å². The van der Waals surface area contributed by atoms with Crippen LogP contribution in [-0.4, -0.2) is 39.0 Å². The molecule has 0 bridgehead atoms. The van der Waals surface area contributed by atoms with Gasteiger partial charge in [0.1, 0.15) is 10.6 Å². The molecule has 10 heteroatoms. The second-order valence-electron chi connectivity index (χ2n) is 6.96. The first kappa shape index (κ1) is 23.9. The summed E-state index contributed by atoms with van der Waals surface area (Å²) in [4.78, 5) is 26.5. The van der Waals surface area contributed by atoms with Crippen LogP contribution in [0.5, 0.6) is 0 Å². The highest BCUT2D eigenvalue weighted by atomic mass is 32.2. The largest absolute Gasteiger partial charge is 0.462 e. The van der Waals surface area contributed by atoms with Crippen molar-refractivity contribution in [3.8, 4) is 21.8 Å². The van der Waals surface area contributed by atoms with E-state index >= 15 is 0 Å². The maximum absolute atomic E-state index is 12.8. The van der Waals surface area contributed by atoms with Crippen molar-refractivity contribution in [2.24, 2.45) is 0 Å². The van der Waals surface area contributed by atoms with Crippen LogP contribution < -0.4 is 5.32 Å². The molecular weight excluding hydrogens is 488 g/mol. The number of thioether (sulfide) groups is 1. The quantitative estimate of drug-likeness (QED) is 0.164. The van der Waals surface area contributed by atoms with Crippen molar-refractivity contribution in [2.45, 2.75) is 18.6 Å². The highest BCUT2D eigenvalue weighted by molar-refractivity contribution is 7.99. The third-order valence-corrected chi connectivity index (χ3v) is 7.44. The summed E-state index contributed by atoms with van der Waals surface area (Å²) in [6.45, 7) is 6.35. The second-order valence-corrected chi connectivity index (χ2v) is 9.73. The summed E-state index contributed by atoms with van der Waals surface area (Å²) in [5.74, 6) is 0.147. The Bertz CT molecular complexity index is 1280. The van der Waals surface area contributed by atoms with Crippen molar-refractivity contribution >= 4 is 51.3 Å². The van der Waals surface area contributed by atoms with Crippen molar-refractivity contribution in [3.05, 3.63) is 71.4 Å². The number of amides is 1. The molecule has 0 atom stereocenters. The number of nitrogens with zero attached hydrogens (tertiary/aromatic N) is 3. The molecule has 1 amide bonds. The number of nitrogens with one attached hydrogen (secondary N) is 1. The summed E-state index contributed by atoms with van der Waals surface area (Å²) < 4.78 is 7.19. The van der Waals surface area contributed by atoms with Gasteiger partial charge in [0.15, 0.2) is 11.0 Å². The van der Waals surface area contributed by atoms with E-state index in [-0.39, 0.29) is 18.3 Å². The molecule has 1 N–H and O–H groups in total. The number of hydrogen-bond acceptors (Lipinski definition) is 8. The molecule has 0 aliphatic rings. The van der Waals surface area contributed by atoms with Crippen LogP contribution in [0.2, 0.25) is 0 Å². The predicted octanol–water partition coefficient (Wildman–Crippen LogP) is 5.83. The lowest BCUT2D eigenvalue weighted by atomic mass is 10.0. The van der Waals surface area contributed by atoms with Crippen LogP contribution in [0.1, 0.15) is 17.3 Å². The molecule has 3 aromatic heterocycles. The fraction of sp³-hybridized carbons (Fsp3) is 0.167. The molecule has 34 heavy (non-hydrogen) atoms. The first-order valence-electron chi connectivity index (χ1n) is 10.5. The zero-order valence-corrected chi connectivity index (χ0v) is 20.8. The van der Waals surface area contributed by atoms with Crippen LogP contribution in [0.3, 0.4) is 0 Å². The van der Waals surface area contributed by atoms with Gasteiger partial charge >= 0.3 is 5.97 Å². The Labute approximate surface area is 209 Å². The third-order valence-electron chi connectivity index (χ3n) is 4.71. The first-order valence-corrected chi connectivity index (χ1v) is 13.2. The molecule has 1 aromatic carbocycles. The molecule has 3 heterocycles. The number of allylic oxidation sites excluding steroid dienone is 1. The number of thiophene rings is 2. The standard InChI is InChI=1S/C24H22N4O3S3/c1-3-12-28-21(18-11-8-13-32-18)26-27-24(28)34-15-19(29)25-22-20(23(30)31-4-2)17(14-33-22)16-9-6-5-7-10-16/h3,5-11,13-14H,1,4,12,15H2,2H3,(H,25,29). The smallest absolute Gasteiger partial charge is 0.341 e. The molecule has 0 unspecified atom stereocenters. The Morgan fingerprint density at radius 2 is 2.00 bits per heavy atom. The van der Waals surface area contributed by atoms with Gasteiger partial charge in [-0.05, 0) is 23.9 Å². The summed E-state index contributed by atoms with van der Waals surface area (Å²) in [5.41, 5.74) is 1.99. The van der Waals surface area contributed by atoms with Crippen molar-refractivity contribution in [1.29, 1.82) is 0 Å². The second kappa shape index (κ2) is 11.3. The van der Waals surface area contributed by atoms with Crippen LogP contribution in [0, 0.1) is 0 Å². The predicted molar refractivity (Wildman–Crippen MR) is 139 cm³/mol. The minimum atomic E-state index is -0.461. The first-order chi connectivity index (χ1) is 16.6. The summed E-state index contributed by atoms with van der Waals surface area (Å²) in [7, 11) is 0.